The summed E-state index contributed by atoms with van der Waals surface area (Å²) < 4.78 is 5.00. The molecular weight excluding hydrogens is 386 g/mol. The Morgan fingerprint density at radius 1 is 1.07 bits per heavy atom. The van der Waals surface area contributed by atoms with Crippen LogP contribution < -0.4 is 10.0 Å². The van der Waals surface area contributed by atoms with Crippen LogP contribution in [0.3, 0.4) is 0 Å². The van der Waals surface area contributed by atoms with Gasteiger partial charge in [0.2, 0.25) is 0 Å². The van der Waals surface area contributed by atoms with E-state index in [0.29, 0.717) is 20.5 Å². The monoisotopic (exact) mass is 398 g/mol. The maximum absolute atomic E-state index is 12.7. The molecule has 1 aliphatic heterocycles. The summed E-state index contributed by atoms with van der Waals surface area (Å²) in [5, 5.41) is 10.8. The lowest BCUT2D eigenvalue weighted by Gasteiger charge is -2.15. The van der Waals surface area contributed by atoms with Crippen molar-refractivity contribution in [1.29, 1.82) is 0 Å². The number of hydrogen-bond acceptors (Lipinski definition) is 7. The second-order valence-electron chi connectivity index (χ2n) is 5.47. The zero-order valence-corrected chi connectivity index (χ0v) is 15.6. The molecule has 2 aromatic carbocycles. The third-order valence-electron chi connectivity index (χ3n) is 3.78. The van der Waals surface area contributed by atoms with E-state index in [1.165, 1.54) is 36.3 Å². The minimum atomic E-state index is -1.29. The van der Waals surface area contributed by atoms with Crippen LogP contribution in [0.4, 0.5) is 5.69 Å². The first-order chi connectivity index (χ1) is 12.9. The second kappa shape index (κ2) is 7.73. The molecule has 0 spiro atoms. The molecule has 0 aromatic heterocycles. The third kappa shape index (κ3) is 3.91. The van der Waals surface area contributed by atoms with Gasteiger partial charge in [0.25, 0.3) is 5.91 Å². The topological polar surface area (TPSA) is 86.7 Å². The van der Waals surface area contributed by atoms with E-state index < -0.39 is 11.9 Å². The van der Waals surface area contributed by atoms with Crippen molar-refractivity contribution < 1.29 is 24.2 Å². The lowest BCUT2D eigenvalue weighted by atomic mass is 10.1. The fourth-order valence-corrected chi connectivity index (χ4v) is 3.72. The van der Waals surface area contributed by atoms with Gasteiger partial charge in [-0.25, -0.2) is 4.79 Å². The molecule has 1 amide bonds. The molecule has 1 fully saturated rings. The van der Waals surface area contributed by atoms with Crippen LogP contribution in [0, 0.1) is 0 Å². The molecule has 0 atom stereocenters. The highest BCUT2D eigenvalue weighted by molar-refractivity contribution is 8.27. The van der Waals surface area contributed by atoms with Crippen LogP contribution in [0.15, 0.2) is 53.4 Å². The van der Waals surface area contributed by atoms with Gasteiger partial charge >= 0.3 is 5.97 Å². The number of thioether (sulfide) groups is 1. The minimum absolute atomic E-state index is 0.0189. The number of carboxylic acids is 1. The number of benzene rings is 2. The molecule has 6 nitrogen and oxygen atoms in total. The van der Waals surface area contributed by atoms with Gasteiger partial charge in [0.1, 0.15) is 0 Å². The second-order valence-corrected chi connectivity index (χ2v) is 7.14. The predicted octanol–water partition coefficient (Wildman–Crippen LogP) is 2.24. The number of thiocarbonyl (C=S) groups is 1. The van der Waals surface area contributed by atoms with Crippen LogP contribution >= 0.6 is 24.0 Å². The first kappa shape index (κ1) is 18.8. The van der Waals surface area contributed by atoms with Crippen molar-refractivity contribution in [3.8, 4) is 0 Å². The van der Waals surface area contributed by atoms with Crippen LogP contribution in [-0.2, 0) is 9.53 Å². The Morgan fingerprint density at radius 2 is 1.67 bits per heavy atom. The molecule has 136 valence electrons. The average molecular weight is 398 g/mol. The van der Waals surface area contributed by atoms with E-state index in [1.807, 2.05) is 0 Å². The summed E-state index contributed by atoms with van der Waals surface area (Å²) in [6, 6.07) is 12.3. The van der Waals surface area contributed by atoms with E-state index >= 15 is 0 Å². The number of methoxy groups -OCH3 is 1. The number of carbonyl (C=O) groups excluding carboxylic acids is 3. The third-order valence-corrected chi connectivity index (χ3v) is 5.09. The lowest BCUT2D eigenvalue weighted by Crippen LogP contribution is -2.28. The smallest absolute Gasteiger partial charge is 0.337 e. The number of esters is 1. The molecule has 0 N–H and O–H groups in total. The number of ether oxygens (including phenoxy) is 1. The Labute approximate surface area is 164 Å². The Bertz CT molecular complexity index is 965. The van der Waals surface area contributed by atoms with Crippen molar-refractivity contribution in [2.24, 2.45) is 0 Å². The van der Waals surface area contributed by atoms with Crippen molar-refractivity contribution in [2.75, 3.05) is 12.0 Å². The van der Waals surface area contributed by atoms with Crippen LogP contribution in [0.5, 0.6) is 0 Å². The molecule has 0 aliphatic carbocycles. The summed E-state index contributed by atoms with van der Waals surface area (Å²) in [6.45, 7) is 0. The number of carboxylic acid groups (broad SMARTS) is 1. The minimum Gasteiger partial charge on any atom is -0.545 e. The summed E-state index contributed by atoms with van der Waals surface area (Å²) in [7, 11) is 1.31. The lowest BCUT2D eigenvalue weighted by molar-refractivity contribution is -0.255. The summed E-state index contributed by atoms with van der Waals surface area (Å²) >= 11 is 6.43. The van der Waals surface area contributed by atoms with Crippen molar-refractivity contribution in [2.45, 2.75) is 0 Å². The molecular formula is C19H12NO5S2-. The van der Waals surface area contributed by atoms with Gasteiger partial charge in [-0.1, -0.05) is 48.2 Å². The van der Waals surface area contributed by atoms with Crippen molar-refractivity contribution in [1.82, 2.24) is 0 Å². The average Bonchev–Trinajstić information content (AvgIpc) is 2.95. The van der Waals surface area contributed by atoms with Gasteiger partial charge in [-0.15, -0.1) is 0 Å². The predicted molar refractivity (Wildman–Crippen MR) is 104 cm³/mol. The van der Waals surface area contributed by atoms with E-state index in [9.17, 15) is 19.5 Å². The molecule has 8 heteroatoms. The van der Waals surface area contributed by atoms with Crippen LogP contribution in [0.1, 0.15) is 26.3 Å². The SMILES string of the molecule is COC(=O)c1ccc(/C=C2\SC(=S)N(c3ccc(C(=O)[O-])cc3)C2=O)cc1. The quantitative estimate of drug-likeness (QED) is 0.443. The molecule has 1 heterocycles. The van der Waals surface area contributed by atoms with Crippen molar-refractivity contribution in [3.05, 3.63) is 70.1 Å². The van der Waals surface area contributed by atoms with Gasteiger partial charge < -0.3 is 14.6 Å². The molecule has 0 bridgehead atoms. The number of rotatable bonds is 4. The highest BCUT2D eigenvalue weighted by Crippen LogP contribution is 2.36. The number of amides is 1. The summed E-state index contributed by atoms with van der Waals surface area (Å²) in [5.41, 5.74) is 1.64. The highest BCUT2D eigenvalue weighted by Gasteiger charge is 2.33. The van der Waals surface area contributed by atoms with E-state index in [4.69, 9.17) is 12.2 Å². The van der Waals surface area contributed by atoms with Crippen molar-refractivity contribution >= 4 is 57.9 Å². The Kier molecular flexibility index (Phi) is 5.38. The van der Waals surface area contributed by atoms with E-state index in [-0.39, 0.29) is 11.5 Å². The molecule has 0 radical (unpaired) electrons. The molecule has 0 unspecified atom stereocenters. The molecule has 27 heavy (non-hydrogen) atoms. The summed E-state index contributed by atoms with van der Waals surface area (Å²) in [5.74, 6) is -2.03. The van der Waals surface area contributed by atoms with Gasteiger partial charge in [-0.05, 0) is 41.5 Å². The van der Waals surface area contributed by atoms with Gasteiger partial charge in [-0.2, -0.15) is 0 Å². The standard InChI is InChI=1S/C19H13NO5S2/c1-25-18(24)13-4-2-11(3-5-13)10-15-16(21)20(19(26)27-15)14-8-6-12(7-9-14)17(22)23/h2-10H,1H3,(H,22,23)/p-1/b15-10-. The zero-order chi connectivity index (χ0) is 19.6. The number of nitrogens with zero attached hydrogens (tertiary/aromatic N) is 1. The molecule has 1 saturated heterocycles. The summed E-state index contributed by atoms with van der Waals surface area (Å²) in [6.07, 6.45) is 1.68. The van der Waals surface area contributed by atoms with Gasteiger partial charge in [-0.3, -0.25) is 9.69 Å². The maximum atomic E-state index is 12.7. The normalized spacial score (nSPS) is 15.3. The first-order valence-corrected chi connectivity index (χ1v) is 8.91. The van der Waals surface area contributed by atoms with Crippen LogP contribution in [0.2, 0.25) is 0 Å². The molecule has 3 rings (SSSR count). The molecule has 1 aliphatic rings. The molecule has 0 saturated carbocycles. The highest BCUT2D eigenvalue weighted by atomic mass is 32.2. The largest absolute Gasteiger partial charge is 0.545 e. The fraction of sp³-hybridized carbons (Fsp3) is 0.0526. The Hall–Kier alpha value is -2.97. The number of hydrogen-bond donors (Lipinski definition) is 0. The van der Waals surface area contributed by atoms with E-state index in [2.05, 4.69) is 4.74 Å². The number of aromatic carboxylic acids is 1. The summed E-state index contributed by atoms with van der Waals surface area (Å²) in [4.78, 5) is 36.8. The number of anilines is 1. The van der Waals surface area contributed by atoms with Gasteiger partial charge in [0.15, 0.2) is 4.32 Å². The van der Waals surface area contributed by atoms with E-state index in [0.717, 1.165) is 17.3 Å². The number of carbonyl (C=O) groups is 3. The zero-order valence-electron chi connectivity index (χ0n) is 14.0. The Morgan fingerprint density at radius 3 is 2.22 bits per heavy atom. The maximum Gasteiger partial charge on any atom is 0.337 e. The van der Waals surface area contributed by atoms with Gasteiger partial charge in [0.05, 0.1) is 29.2 Å². The van der Waals surface area contributed by atoms with Crippen LogP contribution in [-0.4, -0.2) is 29.3 Å². The Balaban J connectivity index is 1.84. The fourth-order valence-electron chi connectivity index (χ4n) is 2.42. The van der Waals surface area contributed by atoms with Crippen LogP contribution in [0.25, 0.3) is 6.08 Å². The van der Waals surface area contributed by atoms with E-state index in [1.54, 1.807) is 30.3 Å². The first-order valence-electron chi connectivity index (χ1n) is 7.68. The molecule has 2 aromatic rings. The van der Waals surface area contributed by atoms with Gasteiger partial charge in [0, 0.05) is 0 Å². The van der Waals surface area contributed by atoms with Crippen molar-refractivity contribution in [3.63, 3.8) is 0 Å².